The van der Waals surface area contributed by atoms with Gasteiger partial charge in [0.25, 0.3) is 0 Å². The molecule has 0 aromatic carbocycles. The lowest BCUT2D eigenvalue weighted by atomic mass is 9.94. The van der Waals surface area contributed by atoms with Crippen LogP contribution in [0.5, 0.6) is 0 Å². The van der Waals surface area contributed by atoms with Crippen LogP contribution in [0.2, 0.25) is 0 Å². The first-order chi connectivity index (χ1) is 13.0. The van der Waals surface area contributed by atoms with Crippen molar-refractivity contribution >= 4 is 31.3 Å². The van der Waals surface area contributed by atoms with Crippen molar-refractivity contribution in [2.45, 2.75) is 43.5 Å². The zero-order valence-corrected chi connectivity index (χ0v) is 18.2. The van der Waals surface area contributed by atoms with Crippen LogP contribution in [-0.4, -0.2) is 96.0 Å². The fourth-order valence-corrected chi connectivity index (χ4v) is 4.13. The van der Waals surface area contributed by atoms with Gasteiger partial charge in [0.1, 0.15) is 40.2 Å². The molecule has 0 spiro atoms. The average molecular weight is 450 g/mol. The Hall–Kier alpha value is 0.160. The maximum absolute atomic E-state index is 14.2. The van der Waals surface area contributed by atoms with E-state index in [2.05, 4.69) is 4.52 Å². The van der Waals surface area contributed by atoms with Gasteiger partial charge >= 0.3 is 15.6 Å². The molecule has 0 radical (unpaired) electrons. The molecule has 0 aromatic heterocycles. The lowest BCUT2D eigenvalue weighted by Gasteiger charge is -2.27. The van der Waals surface area contributed by atoms with Gasteiger partial charge in [-0.3, -0.25) is 18.1 Å². The van der Waals surface area contributed by atoms with Crippen molar-refractivity contribution in [2.75, 3.05) is 33.9 Å². The average Bonchev–Trinajstić information content (AvgIpc) is 2.85. The van der Waals surface area contributed by atoms with Gasteiger partial charge in [-0.25, -0.2) is 13.5 Å². The highest BCUT2D eigenvalue weighted by Gasteiger charge is 2.47. The summed E-state index contributed by atoms with van der Waals surface area (Å²) in [7, 11) is -3.55. The molecule has 0 aromatic rings. The molecule has 1 aliphatic rings. The quantitative estimate of drug-likeness (QED) is 0.263. The highest BCUT2D eigenvalue weighted by Crippen LogP contribution is 2.48. The zero-order valence-electron chi connectivity index (χ0n) is 16.4. The molecule has 28 heavy (non-hydrogen) atoms. The number of rotatable bonds is 13. The minimum Gasteiger partial charge on any atom is -0.382 e. The van der Waals surface area contributed by atoms with Crippen LogP contribution < -0.4 is 0 Å². The Kier molecular flexibility index (Phi) is 10.8. The first-order valence-electron chi connectivity index (χ1n) is 8.59. The number of hydrogen-bond acceptors (Lipinski definition) is 9. The summed E-state index contributed by atoms with van der Waals surface area (Å²) in [5, 5.41) is 0. The molecular formula is C12H27B2FO11P2. The van der Waals surface area contributed by atoms with Crippen molar-refractivity contribution in [3.8, 4) is 0 Å². The van der Waals surface area contributed by atoms with Gasteiger partial charge in [-0.15, -0.1) is 0 Å². The Balaban J connectivity index is 2.72. The third-order valence-corrected chi connectivity index (χ3v) is 5.99. The van der Waals surface area contributed by atoms with Crippen LogP contribution >= 0.6 is 15.6 Å². The molecule has 164 valence electrons. The van der Waals surface area contributed by atoms with E-state index in [1.54, 1.807) is 7.85 Å². The van der Waals surface area contributed by atoms with Crippen LogP contribution in [0.25, 0.3) is 0 Å². The van der Waals surface area contributed by atoms with Crippen LogP contribution in [0.4, 0.5) is 4.39 Å². The summed E-state index contributed by atoms with van der Waals surface area (Å²) in [4.78, 5) is 19.3. The van der Waals surface area contributed by atoms with Crippen LogP contribution in [0, 0.1) is 0 Å². The summed E-state index contributed by atoms with van der Waals surface area (Å²) < 4.78 is 72.6. The number of ether oxygens (including phenoxy) is 3. The molecule has 7 unspecified atom stereocenters. The second kappa shape index (κ2) is 11.5. The highest BCUT2D eigenvalue weighted by atomic mass is 31.2. The summed E-state index contributed by atoms with van der Waals surface area (Å²) in [5.74, 6) is 0. The van der Waals surface area contributed by atoms with Gasteiger partial charge in [-0.2, -0.15) is 0 Å². The van der Waals surface area contributed by atoms with E-state index >= 15 is 0 Å². The van der Waals surface area contributed by atoms with Gasteiger partial charge in [0, 0.05) is 20.7 Å². The molecule has 1 heterocycles. The summed E-state index contributed by atoms with van der Waals surface area (Å²) in [6.45, 7) is 0.997. The van der Waals surface area contributed by atoms with Crippen LogP contribution in [0.3, 0.4) is 0 Å². The summed E-state index contributed by atoms with van der Waals surface area (Å²) in [6, 6.07) is -0.845. The second-order valence-electron chi connectivity index (χ2n) is 6.07. The van der Waals surface area contributed by atoms with Crippen molar-refractivity contribution in [1.82, 2.24) is 0 Å². The van der Waals surface area contributed by atoms with Crippen molar-refractivity contribution in [3.63, 3.8) is 0 Å². The zero-order chi connectivity index (χ0) is 21.5. The van der Waals surface area contributed by atoms with Crippen LogP contribution in [-0.2, 0) is 41.4 Å². The molecule has 2 N–H and O–H groups in total. The first-order valence-corrected chi connectivity index (χ1v) is 11.6. The molecule has 11 nitrogen and oxygen atoms in total. The molecule has 0 saturated carbocycles. The Morgan fingerprint density at radius 2 is 1.89 bits per heavy atom. The van der Waals surface area contributed by atoms with E-state index in [4.69, 9.17) is 27.8 Å². The topological polar surface area (TPSA) is 139 Å². The number of alkyl halides is 1. The molecule has 0 amide bonds. The Bertz CT molecular complexity index is 574. The van der Waals surface area contributed by atoms with E-state index < -0.39 is 58.8 Å². The third kappa shape index (κ3) is 8.12. The summed E-state index contributed by atoms with van der Waals surface area (Å²) in [6.07, 6.45) is -5.93. The number of methoxy groups -OCH3 is 1. The monoisotopic (exact) mass is 450 g/mol. The van der Waals surface area contributed by atoms with Gasteiger partial charge in [-0.05, 0) is 6.92 Å². The SMILES string of the molecule is BCOC(COP(=O)(O)OC1C(COC)OC(B)C1F)[C@@H](C)OP(=O)(O)OC. The molecule has 1 rings (SSSR count). The number of phosphoric acid groups is 2. The summed E-state index contributed by atoms with van der Waals surface area (Å²) >= 11 is 0. The normalized spacial score (nSPS) is 31.8. The smallest absolute Gasteiger partial charge is 0.382 e. The van der Waals surface area contributed by atoms with E-state index in [0.29, 0.717) is 0 Å². The van der Waals surface area contributed by atoms with Crippen LogP contribution in [0.15, 0.2) is 0 Å². The minimum absolute atomic E-state index is 0.0370. The predicted molar refractivity (Wildman–Crippen MR) is 100 cm³/mol. The van der Waals surface area contributed by atoms with E-state index in [1.165, 1.54) is 21.9 Å². The molecule has 1 fully saturated rings. The maximum Gasteiger partial charge on any atom is 0.472 e. The maximum atomic E-state index is 14.2. The number of hydrogen-bond donors (Lipinski definition) is 2. The van der Waals surface area contributed by atoms with Gasteiger partial charge in [0.15, 0.2) is 0 Å². The van der Waals surface area contributed by atoms with Crippen molar-refractivity contribution in [1.29, 1.82) is 0 Å². The first kappa shape index (κ1) is 26.2. The lowest BCUT2D eigenvalue weighted by molar-refractivity contribution is -0.0498. The van der Waals surface area contributed by atoms with Crippen molar-refractivity contribution < 1.29 is 55.6 Å². The molecular weight excluding hydrogens is 423 g/mol. The van der Waals surface area contributed by atoms with E-state index in [9.17, 15) is 23.3 Å². The lowest BCUT2D eigenvalue weighted by Crippen LogP contribution is -2.35. The fourth-order valence-electron chi connectivity index (χ4n) is 2.53. The third-order valence-electron chi connectivity index (χ3n) is 3.94. The minimum atomic E-state index is -4.72. The Labute approximate surface area is 165 Å². The van der Waals surface area contributed by atoms with Gasteiger partial charge in [0.2, 0.25) is 0 Å². The largest absolute Gasteiger partial charge is 0.472 e. The van der Waals surface area contributed by atoms with Crippen LogP contribution in [0.1, 0.15) is 6.92 Å². The molecule has 0 bridgehead atoms. The summed E-state index contributed by atoms with van der Waals surface area (Å²) in [5.41, 5.74) is 0. The molecule has 0 aliphatic carbocycles. The highest BCUT2D eigenvalue weighted by molar-refractivity contribution is 7.47. The molecule has 16 heteroatoms. The molecule has 8 atom stereocenters. The van der Waals surface area contributed by atoms with Gasteiger partial charge < -0.3 is 24.0 Å². The predicted octanol–water partition coefficient (Wildman–Crippen LogP) is -1.04. The molecule has 1 saturated heterocycles. The Morgan fingerprint density at radius 1 is 1.25 bits per heavy atom. The number of halogens is 1. The van der Waals surface area contributed by atoms with Gasteiger partial charge in [0.05, 0.1) is 25.3 Å². The van der Waals surface area contributed by atoms with E-state index in [1.807, 2.05) is 0 Å². The fraction of sp³-hybridized carbons (Fsp3) is 1.00. The van der Waals surface area contributed by atoms with Gasteiger partial charge in [-0.1, -0.05) is 0 Å². The molecule has 1 aliphatic heterocycles. The second-order valence-corrected chi connectivity index (χ2v) is 8.99. The Morgan fingerprint density at radius 3 is 2.43 bits per heavy atom. The number of phosphoric ester groups is 2. The standard InChI is InChI=1S/C12H27B2FO11P2/c1-7(25-27(16,17)21-3)8(22-6-13)5-23-28(18,19)26-11-9(4-20-2)24-12(14)10(11)15/h7-12H,4-6,13-14H2,1-3H3,(H,16,17)(H,18,19)/t7-,8?,9?,10?,11?,12?/m1/s1. The van der Waals surface area contributed by atoms with Crippen molar-refractivity contribution in [3.05, 3.63) is 0 Å². The van der Waals surface area contributed by atoms with Crippen molar-refractivity contribution in [2.24, 2.45) is 0 Å². The van der Waals surface area contributed by atoms with E-state index in [0.717, 1.165) is 7.11 Å². The van der Waals surface area contributed by atoms with E-state index in [-0.39, 0.29) is 13.1 Å².